The van der Waals surface area contributed by atoms with Crippen molar-refractivity contribution in [3.05, 3.63) is 65.5 Å². The van der Waals surface area contributed by atoms with E-state index in [0.29, 0.717) is 18.7 Å². The number of aromatic amines is 1. The molecule has 2 N–H and O–H groups in total. The van der Waals surface area contributed by atoms with Gasteiger partial charge >= 0.3 is 6.03 Å². The van der Waals surface area contributed by atoms with Crippen molar-refractivity contribution in [3.8, 4) is 11.4 Å². The summed E-state index contributed by atoms with van der Waals surface area (Å²) in [4.78, 5) is 18.3. The number of carbonyl (C=O) groups is 1. The molecule has 0 radical (unpaired) electrons. The zero-order valence-electron chi connectivity index (χ0n) is 13.4. The molecule has 1 aromatic heterocycles. The second-order valence-corrected chi connectivity index (χ2v) is 5.86. The van der Waals surface area contributed by atoms with Crippen LogP contribution in [0.5, 0.6) is 0 Å². The van der Waals surface area contributed by atoms with Crippen LogP contribution in [0.25, 0.3) is 11.4 Å². The first kappa shape index (κ1) is 15.3. The van der Waals surface area contributed by atoms with Crippen molar-refractivity contribution in [2.75, 3.05) is 11.9 Å². The summed E-state index contributed by atoms with van der Waals surface area (Å²) in [5.41, 5.74) is 2.72. The quantitative estimate of drug-likeness (QED) is 0.754. The summed E-state index contributed by atoms with van der Waals surface area (Å²) >= 11 is 0. The first-order chi connectivity index (χ1) is 12.2. The van der Waals surface area contributed by atoms with Gasteiger partial charge in [0.15, 0.2) is 5.82 Å². The van der Waals surface area contributed by atoms with Gasteiger partial charge in [-0.05, 0) is 29.7 Å². The Bertz CT molecular complexity index is 923. The molecule has 0 atom stereocenters. The molecule has 2 amide bonds. The third-order valence-corrected chi connectivity index (χ3v) is 4.25. The minimum Gasteiger partial charge on any atom is -0.320 e. The van der Waals surface area contributed by atoms with Gasteiger partial charge in [-0.3, -0.25) is 10.4 Å². The fourth-order valence-corrected chi connectivity index (χ4v) is 2.94. The molecule has 0 aliphatic carbocycles. The van der Waals surface area contributed by atoms with E-state index in [-0.39, 0.29) is 17.8 Å². The van der Waals surface area contributed by atoms with Crippen LogP contribution >= 0.6 is 0 Å². The van der Waals surface area contributed by atoms with E-state index in [1.54, 1.807) is 23.1 Å². The van der Waals surface area contributed by atoms with E-state index >= 15 is 0 Å². The maximum atomic E-state index is 13.8. The number of nitrogens with zero attached hydrogens (tertiary/aromatic N) is 3. The van der Waals surface area contributed by atoms with Gasteiger partial charge in [-0.25, -0.2) is 9.18 Å². The zero-order valence-corrected chi connectivity index (χ0v) is 13.4. The van der Waals surface area contributed by atoms with Crippen LogP contribution in [0, 0.1) is 5.82 Å². The van der Waals surface area contributed by atoms with E-state index in [4.69, 9.17) is 0 Å². The molecule has 6 nitrogen and oxygen atoms in total. The zero-order chi connectivity index (χ0) is 17.2. The van der Waals surface area contributed by atoms with Crippen LogP contribution in [-0.2, 0) is 13.0 Å². The molecule has 7 heteroatoms. The van der Waals surface area contributed by atoms with Gasteiger partial charge in [0, 0.05) is 13.1 Å². The number of hydrogen-bond acceptors (Lipinski definition) is 3. The van der Waals surface area contributed by atoms with Gasteiger partial charge in [0.2, 0.25) is 5.95 Å². The van der Waals surface area contributed by atoms with Crippen molar-refractivity contribution < 1.29 is 9.18 Å². The number of rotatable bonds is 2. The van der Waals surface area contributed by atoms with Crippen molar-refractivity contribution in [2.45, 2.75) is 13.0 Å². The lowest BCUT2D eigenvalue weighted by Gasteiger charge is -2.28. The molecule has 0 saturated carbocycles. The van der Waals surface area contributed by atoms with Crippen molar-refractivity contribution in [2.24, 2.45) is 0 Å². The van der Waals surface area contributed by atoms with E-state index in [2.05, 4.69) is 26.6 Å². The van der Waals surface area contributed by atoms with Gasteiger partial charge in [-0.2, -0.15) is 4.98 Å². The number of anilines is 1. The molecule has 25 heavy (non-hydrogen) atoms. The molecule has 0 fully saturated rings. The molecule has 126 valence electrons. The van der Waals surface area contributed by atoms with Crippen LogP contribution in [0.4, 0.5) is 15.1 Å². The monoisotopic (exact) mass is 337 g/mol. The SMILES string of the molecule is O=C(Nc1n[nH]c(-c2ccccc2F)n1)N1CCc2ccccc2C1. The summed E-state index contributed by atoms with van der Waals surface area (Å²) in [5.74, 6) is 0.00339. The molecule has 2 aromatic carbocycles. The second kappa shape index (κ2) is 6.35. The summed E-state index contributed by atoms with van der Waals surface area (Å²) in [6, 6.07) is 14.1. The lowest BCUT2D eigenvalue weighted by atomic mass is 10.0. The van der Waals surface area contributed by atoms with Gasteiger partial charge in [0.1, 0.15) is 5.82 Å². The fraction of sp³-hybridized carbons (Fsp3) is 0.167. The number of amides is 2. The lowest BCUT2D eigenvalue weighted by Crippen LogP contribution is -2.39. The number of hydrogen-bond donors (Lipinski definition) is 2. The first-order valence-corrected chi connectivity index (χ1v) is 8.01. The Morgan fingerprint density at radius 3 is 2.72 bits per heavy atom. The average molecular weight is 337 g/mol. The van der Waals surface area contributed by atoms with E-state index in [9.17, 15) is 9.18 Å². The summed E-state index contributed by atoms with van der Waals surface area (Å²) < 4.78 is 13.8. The lowest BCUT2D eigenvalue weighted by molar-refractivity contribution is 0.206. The molecule has 4 rings (SSSR count). The predicted octanol–water partition coefficient (Wildman–Crippen LogP) is 3.20. The normalized spacial score (nSPS) is 13.4. The molecular formula is C18H16FN5O. The van der Waals surface area contributed by atoms with Crippen molar-refractivity contribution in [1.82, 2.24) is 20.1 Å². The van der Waals surface area contributed by atoms with Gasteiger partial charge in [0.05, 0.1) is 5.56 Å². The molecule has 0 spiro atoms. The van der Waals surface area contributed by atoms with Crippen LogP contribution in [0.3, 0.4) is 0 Å². The van der Waals surface area contributed by atoms with Gasteiger partial charge in [-0.1, -0.05) is 36.4 Å². The molecule has 0 bridgehead atoms. The highest BCUT2D eigenvalue weighted by Gasteiger charge is 2.21. The molecule has 0 saturated heterocycles. The largest absolute Gasteiger partial charge is 0.324 e. The molecule has 1 aliphatic rings. The van der Waals surface area contributed by atoms with Gasteiger partial charge in [0.25, 0.3) is 0 Å². The number of carbonyl (C=O) groups excluding carboxylic acids is 1. The average Bonchev–Trinajstić information content (AvgIpc) is 3.10. The first-order valence-electron chi connectivity index (χ1n) is 8.01. The van der Waals surface area contributed by atoms with E-state index in [1.807, 2.05) is 18.2 Å². The number of nitrogens with one attached hydrogen (secondary N) is 2. The number of fused-ring (bicyclic) bond motifs is 1. The molecule has 3 aromatic rings. The molecule has 1 aliphatic heterocycles. The van der Waals surface area contributed by atoms with E-state index < -0.39 is 5.82 Å². The van der Waals surface area contributed by atoms with Crippen molar-refractivity contribution in [3.63, 3.8) is 0 Å². The Hall–Kier alpha value is -3.22. The fourth-order valence-electron chi connectivity index (χ4n) is 2.94. The summed E-state index contributed by atoms with van der Waals surface area (Å²) in [5, 5.41) is 9.27. The highest BCUT2D eigenvalue weighted by atomic mass is 19.1. The highest BCUT2D eigenvalue weighted by Crippen LogP contribution is 2.21. The Morgan fingerprint density at radius 1 is 1.12 bits per heavy atom. The maximum Gasteiger partial charge on any atom is 0.324 e. The topological polar surface area (TPSA) is 73.9 Å². The Morgan fingerprint density at radius 2 is 1.88 bits per heavy atom. The summed E-state index contributed by atoms with van der Waals surface area (Å²) in [6.07, 6.45) is 0.818. The maximum absolute atomic E-state index is 13.8. The summed E-state index contributed by atoms with van der Waals surface area (Å²) in [7, 11) is 0. The highest BCUT2D eigenvalue weighted by molar-refractivity contribution is 5.87. The smallest absolute Gasteiger partial charge is 0.320 e. The van der Waals surface area contributed by atoms with E-state index in [1.165, 1.54) is 11.6 Å². The van der Waals surface area contributed by atoms with Crippen LogP contribution in [0.15, 0.2) is 48.5 Å². The number of aromatic nitrogens is 3. The summed E-state index contributed by atoms with van der Waals surface area (Å²) in [6.45, 7) is 1.18. The number of benzene rings is 2. The minimum absolute atomic E-state index is 0.127. The van der Waals surface area contributed by atoms with Crippen LogP contribution < -0.4 is 5.32 Å². The molecular weight excluding hydrogens is 321 g/mol. The standard InChI is InChI=1S/C18H16FN5O/c19-15-8-4-3-7-14(15)16-20-17(23-22-16)21-18(25)24-10-9-12-5-1-2-6-13(12)11-24/h1-8H,9-11H2,(H2,20,21,22,23,25). The van der Waals surface area contributed by atoms with Gasteiger partial charge in [-0.15, -0.1) is 5.10 Å². The van der Waals surface area contributed by atoms with Crippen LogP contribution in [0.2, 0.25) is 0 Å². The Balaban J connectivity index is 1.47. The van der Waals surface area contributed by atoms with Crippen molar-refractivity contribution >= 4 is 12.0 Å². The molecule has 0 unspecified atom stereocenters. The predicted molar refractivity (Wildman–Crippen MR) is 91.4 cm³/mol. The minimum atomic E-state index is -0.399. The Kier molecular flexibility index (Phi) is 3.89. The second-order valence-electron chi connectivity index (χ2n) is 5.86. The number of halogens is 1. The van der Waals surface area contributed by atoms with Gasteiger partial charge < -0.3 is 4.90 Å². The van der Waals surface area contributed by atoms with E-state index in [0.717, 1.165) is 12.0 Å². The molecule has 2 heterocycles. The van der Waals surface area contributed by atoms with Crippen LogP contribution in [-0.4, -0.2) is 32.7 Å². The third kappa shape index (κ3) is 3.08. The number of urea groups is 1. The third-order valence-electron chi connectivity index (χ3n) is 4.25. The van der Waals surface area contributed by atoms with Crippen molar-refractivity contribution in [1.29, 1.82) is 0 Å². The van der Waals surface area contributed by atoms with Crippen LogP contribution in [0.1, 0.15) is 11.1 Å². The Labute approximate surface area is 143 Å². The number of H-pyrrole nitrogens is 1.